The Labute approximate surface area is 209 Å². The number of carbonyl (C=O) groups is 1. The second kappa shape index (κ2) is 15.9. The normalized spacial score (nSPS) is 9.17. The summed E-state index contributed by atoms with van der Waals surface area (Å²) >= 11 is 0. The van der Waals surface area contributed by atoms with Gasteiger partial charge in [-0.15, -0.1) is 0 Å². The minimum absolute atomic E-state index is 0.134. The van der Waals surface area contributed by atoms with Gasteiger partial charge in [0.2, 0.25) is 5.91 Å². The van der Waals surface area contributed by atoms with Crippen molar-refractivity contribution in [1.29, 1.82) is 0 Å². The summed E-state index contributed by atoms with van der Waals surface area (Å²) in [5.74, 6) is 2.23. The molecule has 3 rings (SSSR count). The highest BCUT2D eigenvalue weighted by Crippen LogP contribution is 2.24. The van der Waals surface area contributed by atoms with Gasteiger partial charge in [0, 0.05) is 24.2 Å². The van der Waals surface area contributed by atoms with Crippen LogP contribution in [0.2, 0.25) is 0 Å². The van der Waals surface area contributed by atoms with Crippen LogP contribution in [0.1, 0.15) is 55.8 Å². The SMILES string of the molecule is C=C(C)c1cnc(C)nc1NC(C)=O.CC.COc1ccc(C)cc1C.Cc1c(O)cccc1O. The lowest BCUT2D eigenvalue weighted by atomic mass is 10.1. The maximum Gasteiger partial charge on any atom is 0.222 e. The predicted octanol–water partition coefficient (Wildman–Crippen LogP) is 6.52. The van der Waals surface area contributed by atoms with Crippen LogP contribution in [0.3, 0.4) is 0 Å². The number of aromatic nitrogens is 2. The number of nitrogens with one attached hydrogen (secondary N) is 1. The van der Waals surface area contributed by atoms with Crippen molar-refractivity contribution < 1.29 is 19.7 Å². The molecule has 1 amide bonds. The van der Waals surface area contributed by atoms with Gasteiger partial charge in [-0.2, -0.15) is 0 Å². The van der Waals surface area contributed by atoms with Crippen molar-refractivity contribution in [2.45, 2.75) is 55.4 Å². The van der Waals surface area contributed by atoms with E-state index < -0.39 is 0 Å². The Morgan fingerprint density at radius 3 is 2.00 bits per heavy atom. The molecular formula is C28H39N3O4. The van der Waals surface area contributed by atoms with E-state index in [1.165, 1.54) is 30.2 Å². The van der Waals surface area contributed by atoms with Gasteiger partial charge in [0.05, 0.1) is 7.11 Å². The minimum Gasteiger partial charge on any atom is -0.508 e. The number of allylic oxidation sites excluding steroid dienone is 1. The highest BCUT2D eigenvalue weighted by Gasteiger charge is 2.07. The van der Waals surface area contributed by atoms with Crippen LogP contribution < -0.4 is 10.1 Å². The molecule has 2 aromatic carbocycles. The van der Waals surface area contributed by atoms with Crippen LogP contribution >= 0.6 is 0 Å². The summed E-state index contributed by atoms with van der Waals surface area (Å²) in [7, 11) is 1.69. The standard InChI is InChI=1S/C10H13N3O.C9H12O.C7H8O2.C2H6/c1-6(2)9-5-11-7(3)12-10(9)13-8(4)14;1-7-4-5-9(10-3)8(2)6-7;1-5-6(8)3-2-4-7(5)9;1-2/h5H,1H2,2-4H3,(H,11,12,13,14);4-6H,1-3H3;2-4,8-9H,1H3;1-2H3. The van der Waals surface area contributed by atoms with Gasteiger partial charge in [-0.25, -0.2) is 9.97 Å². The summed E-state index contributed by atoms with van der Waals surface area (Å²) in [5.41, 5.74) is 4.60. The Balaban J connectivity index is 0.000000491. The van der Waals surface area contributed by atoms with Crippen LogP contribution in [-0.4, -0.2) is 33.2 Å². The fraction of sp³-hybridized carbons (Fsp3) is 0.321. The van der Waals surface area contributed by atoms with E-state index in [4.69, 9.17) is 14.9 Å². The quantitative estimate of drug-likeness (QED) is 0.393. The number of phenols is 2. The van der Waals surface area contributed by atoms with Crippen molar-refractivity contribution in [2.75, 3.05) is 12.4 Å². The molecule has 0 fully saturated rings. The van der Waals surface area contributed by atoms with E-state index in [0.29, 0.717) is 17.2 Å². The first-order valence-electron chi connectivity index (χ1n) is 11.3. The van der Waals surface area contributed by atoms with Crippen LogP contribution in [0.15, 0.2) is 49.2 Å². The highest BCUT2D eigenvalue weighted by molar-refractivity contribution is 5.90. The van der Waals surface area contributed by atoms with Crippen LogP contribution in [0.5, 0.6) is 17.2 Å². The third-order valence-electron chi connectivity index (χ3n) is 4.49. The number of hydrogen-bond acceptors (Lipinski definition) is 6. The van der Waals surface area contributed by atoms with Crippen molar-refractivity contribution in [3.63, 3.8) is 0 Å². The third kappa shape index (κ3) is 11.2. The fourth-order valence-corrected chi connectivity index (χ4v) is 2.68. The number of hydrogen-bond donors (Lipinski definition) is 3. The number of anilines is 1. The molecule has 1 aromatic heterocycles. The number of benzene rings is 2. The Morgan fingerprint density at radius 2 is 1.57 bits per heavy atom. The van der Waals surface area contributed by atoms with Crippen LogP contribution in [-0.2, 0) is 4.79 Å². The number of amides is 1. The molecule has 3 aromatic rings. The van der Waals surface area contributed by atoms with Crippen LogP contribution in [0.25, 0.3) is 5.57 Å². The van der Waals surface area contributed by atoms with Crippen LogP contribution in [0.4, 0.5) is 5.82 Å². The van der Waals surface area contributed by atoms with E-state index in [-0.39, 0.29) is 17.4 Å². The topological polar surface area (TPSA) is 105 Å². The van der Waals surface area contributed by atoms with Gasteiger partial charge in [0.15, 0.2) is 0 Å². The monoisotopic (exact) mass is 481 g/mol. The number of ether oxygens (including phenoxy) is 1. The maximum atomic E-state index is 10.9. The number of nitrogens with zero attached hydrogens (tertiary/aromatic N) is 2. The van der Waals surface area contributed by atoms with E-state index in [1.807, 2.05) is 39.8 Å². The summed E-state index contributed by atoms with van der Waals surface area (Å²) in [4.78, 5) is 19.1. The zero-order valence-corrected chi connectivity index (χ0v) is 22.4. The number of aryl methyl sites for hydroxylation is 3. The zero-order chi connectivity index (χ0) is 27.1. The second-order valence-corrected chi connectivity index (χ2v) is 7.54. The molecule has 190 valence electrons. The van der Waals surface area contributed by atoms with Crippen molar-refractivity contribution in [3.8, 4) is 17.2 Å². The van der Waals surface area contributed by atoms with Gasteiger partial charge in [-0.05, 0) is 64.0 Å². The minimum atomic E-state index is -0.148. The number of methoxy groups -OCH3 is 1. The van der Waals surface area contributed by atoms with Crippen molar-refractivity contribution >= 4 is 17.3 Å². The number of aromatic hydroxyl groups is 2. The van der Waals surface area contributed by atoms with Crippen LogP contribution in [0, 0.1) is 27.7 Å². The molecule has 0 bridgehead atoms. The number of rotatable bonds is 3. The molecule has 0 unspecified atom stereocenters. The van der Waals surface area contributed by atoms with E-state index in [2.05, 4.69) is 34.9 Å². The molecule has 0 atom stereocenters. The van der Waals surface area contributed by atoms with Crippen molar-refractivity contribution in [3.05, 3.63) is 77.3 Å². The summed E-state index contributed by atoms with van der Waals surface area (Å²) in [6, 6.07) is 10.8. The molecule has 1 heterocycles. The molecule has 0 spiro atoms. The van der Waals surface area contributed by atoms with E-state index in [1.54, 1.807) is 33.2 Å². The predicted molar refractivity (Wildman–Crippen MR) is 144 cm³/mol. The molecule has 0 radical (unpaired) electrons. The van der Waals surface area contributed by atoms with Crippen molar-refractivity contribution in [2.24, 2.45) is 0 Å². The van der Waals surface area contributed by atoms with Gasteiger partial charge >= 0.3 is 0 Å². The Hall–Kier alpha value is -3.87. The lowest BCUT2D eigenvalue weighted by molar-refractivity contribution is -0.114. The van der Waals surface area contributed by atoms with E-state index in [0.717, 1.165) is 16.9 Å². The van der Waals surface area contributed by atoms with E-state index >= 15 is 0 Å². The van der Waals surface area contributed by atoms with Gasteiger partial charge in [-0.1, -0.05) is 44.2 Å². The third-order valence-corrected chi connectivity index (χ3v) is 4.49. The first-order valence-corrected chi connectivity index (χ1v) is 11.3. The molecule has 7 heteroatoms. The first kappa shape index (κ1) is 31.1. The molecule has 0 aliphatic carbocycles. The largest absolute Gasteiger partial charge is 0.508 e. The Bertz CT molecular complexity index is 1090. The molecule has 0 aliphatic rings. The maximum absolute atomic E-state index is 10.9. The zero-order valence-electron chi connectivity index (χ0n) is 22.4. The Kier molecular flexibility index (Phi) is 14.1. The van der Waals surface area contributed by atoms with Crippen molar-refractivity contribution in [1.82, 2.24) is 9.97 Å². The van der Waals surface area contributed by atoms with Gasteiger partial charge in [0.1, 0.15) is 28.9 Å². The summed E-state index contributed by atoms with van der Waals surface area (Å²) in [6.07, 6.45) is 1.66. The summed E-state index contributed by atoms with van der Waals surface area (Å²) < 4.78 is 5.10. The lowest BCUT2D eigenvalue weighted by Crippen LogP contribution is -2.10. The Morgan fingerprint density at radius 1 is 1.00 bits per heavy atom. The van der Waals surface area contributed by atoms with Gasteiger partial charge < -0.3 is 20.3 Å². The summed E-state index contributed by atoms with van der Waals surface area (Å²) in [5, 5.41) is 20.5. The molecule has 3 N–H and O–H groups in total. The highest BCUT2D eigenvalue weighted by atomic mass is 16.5. The number of phenolic OH excluding ortho intramolecular Hbond substituents is 2. The molecule has 35 heavy (non-hydrogen) atoms. The molecule has 0 saturated carbocycles. The first-order chi connectivity index (χ1) is 16.5. The lowest BCUT2D eigenvalue weighted by Gasteiger charge is -2.08. The molecular weight excluding hydrogens is 442 g/mol. The smallest absolute Gasteiger partial charge is 0.222 e. The molecule has 7 nitrogen and oxygen atoms in total. The van der Waals surface area contributed by atoms with E-state index in [9.17, 15) is 4.79 Å². The molecule has 0 aliphatic heterocycles. The fourth-order valence-electron chi connectivity index (χ4n) is 2.68. The summed E-state index contributed by atoms with van der Waals surface area (Å²) in [6.45, 7) is 18.6. The van der Waals surface area contributed by atoms with Gasteiger partial charge in [-0.3, -0.25) is 4.79 Å². The second-order valence-electron chi connectivity index (χ2n) is 7.54. The number of carbonyl (C=O) groups excluding carboxylic acids is 1. The molecule has 0 saturated heterocycles. The van der Waals surface area contributed by atoms with Gasteiger partial charge in [0.25, 0.3) is 0 Å². The average molecular weight is 482 g/mol. The average Bonchev–Trinajstić information content (AvgIpc) is 2.79.